The fourth-order valence-electron chi connectivity index (χ4n) is 2.68. The lowest BCUT2D eigenvalue weighted by molar-refractivity contribution is -0.136. The summed E-state index contributed by atoms with van der Waals surface area (Å²) in [5.41, 5.74) is 2.28. The molecule has 1 atom stereocenters. The van der Waals surface area contributed by atoms with E-state index in [9.17, 15) is 14.7 Å². The van der Waals surface area contributed by atoms with Gasteiger partial charge in [-0.15, -0.1) is 0 Å². The zero-order chi connectivity index (χ0) is 16.4. The van der Waals surface area contributed by atoms with Crippen LogP contribution in [0.5, 0.6) is 0 Å². The summed E-state index contributed by atoms with van der Waals surface area (Å²) in [4.78, 5) is 23.9. The van der Waals surface area contributed by atoms with Crippen molar-refractivity contribution < 1.29 is 19.4 Å². The number of allylic oxidation sites excluding steroid dienone is 2. The van der Waals surface area contributed by atoms with Gasteiger partial charge in [-0.3, -0.25) is 0 Å². The summed E-state index contributed by atoms with van der Waals surface area (Å²) in [7, 11) is 1.28. The number of hydrogen-bond acceptors (Lipinski definition) is 4. The van der Waals surface area contributed by atoms with E-state index in [1.54, 1.807) is 26.0 Å². The zero-order valence-corrected chi connectivity index (χ0v) is 14.0. The highest BCUT2D eigenvalue weighted by Crippen LogP contribution is 2.39. The zero-order valence-electron chi connectivity index (χ0n) is 12.4. The van der Waals surface area contributed by atoms with Gasteiger partial charge < -0.3 is 15.2 Å². The van der Waals surface area contributed by atoms with E-state index in [2.05, 4.69) is 21.2 Å². The number of carboxylic acids is 1. The Morgan fingerprint density at radius 3 is 2.41 bits per heavy atom. The number of rotatable bonds is 3. The minimum absolute atomic E-state index is 0.143. The first-order valence-electron chi connectivity index (χ1n) is 6.62. The second-order valence-electron chi connectivity index (χ2n) is 4.99. The molecule has 1 aromatic carbocycles. The predicted molar refractivity (Wildman–Crippen MR) is 85.1 cm³/mol. The molecule has 22 heavy (non-hydrogen) atoms. The number of benzene rings is 1. The van der Waals surface area contributed by atoms with Crippen LogP contribution >= 0.6 is 15.9 Å². The SMILES string of the molecule is COC(=O)C1=C(C)NC(C)=C(C(=O)O)C1c1cccc(Br)c1. The molecule has 1 heterocycles. The standard InChI is InChI=1S/C16H16BrNO4/c1-8-12(15(19)20)14(10-5-4-6-11(17)7-10)13(9(2)18-8)16(21)22-3/h4-7,14,18H,1-3H3,(H,19,20). The van der Waals surface area contributed by atoms with Gasteiger partial charge in [0.2, 0.25) is 0 Å². The molecular formula is C16H16BrNO4. The van der Waals surface area contributed by atoms with Gasteiger partial charge in [-0.05, 0) is 31.5 Å². The highest BCUT2D eigenvalue weighted by molar-refractivity contribution is 9.10. The summed E-state index contributed by atoms with van der Waals surface area (Å²) >= 11 is 3.38. The molecule has 1 aliphatic rings. The van der Waals surface area contributed by atoms with Crippen LogP contribution in [-0.4, -0.2) is 24.2 Å². The molecule has 0 amide bonds. The van der Waals surface area contributed by atoms with Gasteiger partial charge in [0.15, 0.2) is 0 Å². The van der Waals surface area contributed by atoms with Crippen molar-refractivity contribution in [1.29, 1.82) is 0 Å². The topological polar surface area (TPSA) is 75.6 Å². The lowest BCUT2D eigenvalue weighted by Gasteiger charge is -2.29. The summed E-state index contributed by atoms with van der Waals surface area (Å²) in [6.07, 6.45) is 0. The van der Waals surface area contributed by atoms with Crippen LogP contribution in [0.4, 0.5) is 0 Å². The van der Waals surface area contributed by atoms with Crippen molar-refractivity contribution in [3.05, 3.63) is 56.8 Å². The third kappa shape index (κ3) is 2.92. The van der Waals surface area contributed by atoms with Crippen LogP contribution < -0.4 is 5.32 Å². The first-order valence-corrected chi connectivity index (χ1v) is 7.41. The van der Waals surface area contributed by atoms with Gasteiger partial charge in [0.05, 0.1) is 24.2 Å². The van der Waals surface area contributed by atoms with Gasteiger partial charge in [0.25, 0.3) is 0 Å². The van der Waals surface area contributed by atoms with E-state index < -0.39 is 17.9 Å². The molecule has 1 aliphatic heterocycles. The molecule has 116 valence electrons. The molecule has 2 N–H and O–H groups in total. The smallest absolute Gasteiger partial charge is 0.336 e. The van der Waals surface area contributed by atoms with Crippen LogP contribution in [0, 0.1) is 0 Å². The number of carboxylic acid groups (broad SMARTS) is 1. The number of carbonyl (C=O) groups excluding carboxylic acids is 1. The number of ether oxygens (including phenoxy) is 1. The average molecular weight is 366 g/mol. The summed E-state index contributed by atoms with van der Waals surface area (Å²) in [5, 5.41) is 12.5. The number of aliphatic carboxylic acids is 1. The Morgan fingerprint density at radius 1 is 1.23 bits per heavy atom. The van der Waals surface area contributed by atoms with E-state index >= 15 is 0 Å². The first kappa shape index (κ1) is 16.3. The number of hydrogen-bond donors (Lipinski definition) is 2. The van der Waals surface area contributed by atoms with Crippen molar-refractivity contribution in [3.63, 3.8) is 0 Å². The van der Waals surface area contributed by atoms with Crippen molar-refractivity contribution in [2.75, 3.05) is 7.11 Å². The number of dihydropyridines is 1. The summed E-state index contributed by atoms with van der Waals surface area (Å²) < 4.78 is 5.65. The fraction of sp³-hybridized carbons (Fsp3) is 0.250. The second kappa shape index (κ2) is 6.36. The molecule has 5 nitrogen and oxygen atoms in total. The summed E-state index contributed by atoms with van der Waals surface area (Å²) in [5.74, 6) is -2.28. The Kier molecular flexibility index (Phi) is 4.71. The molecule has 0 saturated heterocycles. The van der Waals surface area contributed by atoms with Crippen LogP contribution in [0.25, 0.3) is 0 Å². The minimum Gasteiger partial charge on any atom is -0.478 e. The second-order valence-corrected chi connectivity index (χ2v) is 5.90. The van der Waals surface area contributed by atoms with Crippen molar-refractivity contribution in [3.8, 4) is 0 Å². The Hall–Kier alpha value is -2.08. The molecule has 0 fully saturated rings. The number of nitrogens with one attached hydrogen (secondary N) is 1. The van der Waals surface area contributed by atoms with Gasteiger partial charge >= 0.3 is 11.9 Å². The van der Waals surface area contributed by atoms with E-state index in [0.29, 0.717) is 22.5 Å². The van der Waals surface area contributed by atoms with E-state index in [-0.39, 0.29) is 5.57 Å². The van der Waals surface area contributed by atoms with Crippen LogP contribution in [-0.2, 0) is 14.3 Å². The van der Waals surface area contributed by atoms with Crippen molar-refractivity contribution in [2.24, 2.45) is 0 Å². The molecule has 2 rings (SSSR count). The molecule has 1 unspecified atom stereocenters. The van der Waals surface area contributed by atoms with Gasteiger partial charge in [0.1, 0.15) is 0 Å². The van der Waals surface area contributed by atoms with Gasteiger partial charge in [-0.25, -0.2) is 9.59 Å². The Bertz CT molecular complexity index is 706. The van der Waals surface area contributed by atoms with Crippen molar-refractivity contribution in [1.82, 2.24) is 5.32 Å². The molecule has 1 aromatic rings. The highest BCUT2D eigenvalue weighted by Gasteiger charge is 2.36. The molecular weight excluding hydrogens is 350 g/mol. The van der Waals surface area contributed by atoms with E-state index in [4.69, 9.17) is 4.74 Å². The highest BCUT2D eigenvalue weighted by atomic mass is 79.9. The molecule has 0 radical (unpaired) electrons. The maximum atomic E-state index is 12.2. The normalized spacial score (nSPS) is 18.1. The lowest BCUT2D eigenvalue weighted by Crippen LogP contribution is -2.31. The maximum absolute atomic E-state index is 12.2. The average Bonchev–Trinajstić information content (AvgIpc) is 2.45. The molecule has 0 spiro atoms. The number of methoxy groups -OCH3 is 1. The molecule has 6 heteroatoms. The summed E-state index contributed by atoms with van der Waals surface area (Å²) in [6, 6.07) is 7.26. The number of halogens is 1. The Morgan fingerprint density at radius 2 is 1.86 bits per heavy atom. The molecule has 0 aromatic heterocycles. The fourth-order valence-corrected chi connectivity index (χ4v) is 3.09. The van der Waals surface area contributed by atoms with Crippen LogP contribution in [0.2, 0.25) is 0 Å². The van der Waals surface area contributed by atoms with E-state index in [1.165, 1.54) is 7.11 Å². The minimum atomic E-state index is -1.07. The largest absolute Gasteiger partial charge is 0.478 e. The molecule has 0 saturated carbocycles. The van der Waals surface area contributed by atoms with Crippen LogP contribution in [0.3, 0.4) is 0 Å². The van der Waals surface area contributed by atoms with Gasteiger partial charge in [-0.2, -0.15) is 0 Å². The lowest BCUT2D eigenvalue weighted by atomic mass is 9.80. The van der Waals surface area contributed by atoms with E-state index in [0.717, 1.165) is 4.47 Å². The Labute approximate surface area is 136 Å². The molecule has 0 bridgehead atoms. The maximum Gasteiger partial charge on any atom is 0.336 e. The summed E-state index contributed by atoms with van der Waals surface area (Å²) in [6.45, 7) is 3.42. The van der Waals surface area contributed by atoms with Crippen LogP contribution in [0.15, 0.2) is 51.3 Å². The first-order chi connectivity index (χ1) is 10.4. The van der Waals surface area contributed by atoms with Crippen molar-refractivity contribution in [2.45, 2.75) is 19.8 Å². The van der Waals surface area contributed by atoms with Gasteiger partial charge in [-0.1, -0.05) is 28.1 Å². The van der Waals surface area contributed by atoms with Crippen LogP contribution in [0.1, 0.15) is 25.3 Å². The third-order valence-corrected chi connectivity index (χ3v) is 4.07. The number of carbonyl (C=O) groups is 2. The third-order valence-electron chi connectivity index (χ3n) is 3.58. The quantitative estimate of drug-likeness (QED) is 0.805. The predicted octanol–water partition coefficient (Wildman–Crippen LogP) is 2.94. The molecule has 0 aliphatic carbocycles. The van der Waals surface area contributed by atoms with Crippen molar-refractivity contribution >= 4 is 27.9 Å². The van der Waals surface area contributed by atoms with E-state index in [1.807, 2.05) is 12.1 Å². The number of esters is 1. The Balaban J connectivity index is 2.70. The monoisotopic (exact) mass is 365 g/mol. The van der Waals surface area contributed by atoms with Gasteiger partial charge in [0, 0.05) is 15.9 Å².